The largest absolute Gasteiger partial charge is 0.456 e. The van der Waals surface area contributed by atoms with Crippen molar-refractivity contribution in [3.63, 3.8) is 0 Å². The Hall–Kier alpha value is -0.480. The summed E-state index contributed by atoms with van der Waals surface area (Å²) in [6.45, 7) is 13.1. The number of hydrogen-bond acceptors (Lipinski definition) is 3. The molecule has 0 saturated carbocycles. The van der Waals surface area contributed by atoms with Gasteiger partial charge < -0.3 is 8.92 Å². The predicted octanol–water partition coefficient (Wildman–Crippen LogP) is 3.29. The second kappa shape index (κ2) is 5.91. The molecule has 0 heterocycles. The molecule has 0 aliphatic carbocycles. The first-order chi connectivity index (χ1) is 7.52. The zero-order valence-corrected chi connectivity index (χ0v) is 12.9. The molecule has 0 aliphatic heterocycles. The van der Waals surface area contributed by atoms with Gasteiger partial charge in [0.1, 0.15) is 11.7 Å². The highest BCUT2D eigenvalue weighted by Crippen LogP contribution is 2.45. The lowest BCUT2D eigenvalue weighted by molar-refractivity contribution is -0.152. The van der Waals surface area contributed by atoms with Gasteiger partial charge in [-0.25, -0.2) is 4.79 Å². The van der Waals surface area contributed by atoms with Crippen LogP contribution in [0.2, 0.25) is 0 Å². The minimum Gasteiger partial charge on any atom is -0.456 e. The smallest absolute Gasteiger partial charge is 0.333 e. The van der Waals surface area contributed by atoms with Crippen molar-refractivity contribution in [2.24, 2.45) is 0 Å². The molecule has 0 rings (SSSR count). The Balaban J connectivity index is 4.60. The average Bonchev–Trinajstić information content (AvgIpc) is 2.15. The Bertz CT molecular complexity index is 295. The lowest BCUT2D eigenvalue weighted by atomic mass is 10.0. The lowest BCUT2D eigenvalue weighted by Gasteiger charge is -2.41. The van der Waals surface area contributed by atoms with Crippen LogP contribution in [0.15, 0.2) is 12.2 Å². The maximum atomic E-state index is 11.5. The molecule has 1 unspecified atom stereocenters. The number of carbonyl (C=O) groups excluding carboxylic acids is 1. The van der Waals surface area contributed by atoms with Crippen LogP contribution in [0.1, 0.15) is 34.6 Å². The average molecular weight is 262 g/mol. The number of ether oxygens (including phenoxy) is 1. The first kappa shape index (κ1) is 16.5. The molecular weight excluding hydrogens is 236 g/mol. The van der Waals surface area contributed by atoms with E-state index in [1.807, 2.05) is 20.8 Å². The topological polar surface area (TPSA) is 35.5 Å². The molecule has 0 saturated heterocycles. The van der Waals surface area contributed by atoms with Gasteiger partial charge in [0, 0.05) is 5.57 Å². The van der Waals surface area contributed by atoms with Crippen LogP contribution in [0.25, 0.3) is 0 Å². The molecule has 0 fully saturated rings. The molecule has 17 heavy (non-hydrogen) atoms. The second-order valence-electron chi connectivity index (χ2n) is 5.24. The maximum absolute atomic E-state index is 11.5. The molecule has 0 aliphatic rings. The third-order valence-corrected chi connectivity index (χ3v) is 5.02. The molecule has 102 valence electrons. The normalized spacial score (nSPS) is 15.2. The number of hydrogen-bond donors (Lipinski definition) is 0. The van der Waals surface area contributed by atoms with Crippen molar-refractivity contribution in [1.29, 1.82) is 0 Å². The van der Waals surface area contributed by atoms with Crippen molar-refractivity contribution in [3.05, 3.63) is 12.2 Å². The van der Waals surface area contributed by atoms with Crippen LogP contribution in [0, 0.1) is 0 Å². The summed E-state index contributed by atoms with van der Waals surface area (Å²) in [5.74, 6) is 0.621. The molecule has 3 nitrogen and oxygen atoms in total. The van der Waals surface area contributed by atoms with E-state index in [1.54, 1.807) is 6.92 Å². The van der Waals surface area contributed by atoms with Crippen LogP contribution in [0.4, 0.5) is 0 Å². The highest BCUT2D eigenvalue weighted by molar-refractivity contribution is 8.28. The zero-order valence-electron chi connectivity index (χ0n) is 12.1. The van der Waals surface area contributed by atoms with Gasteiger partial charge in [-0.15, -0.1) is 10.3 Å². The fraction of sp³-hybridized carbons (Fsp3) is 0.769. The van der Waals surface area contributed by atoms with E-state index in [1.165, 1.54) is 0 Å². The highest BCUT2D eigenvalue weighted by atomic mass is 32.3. The zero-order chi connectivity index (χ0) is 13.9. The molecule has 0 aromatic carbocycles. The quantitative estimate of drug-likeness (QED) is 0.544. The summed E-state index contributed by atoms with van der Waals surface area (Å²) in [7, 11) is -1.09. The third kappa shape index (κ3) is 5.59. The van der Waals surface area contributed by atoms with Gasteiger partial charge in [-0.05, 0) is 46.0 Å². The minimum absolute atomic E-state index is 0.301. The number of carbonyl (C=O) groups is 1. The molecule has 0 N–H and O–H groups in total. The number of rotatable bonds is 6. The molecule has 0 bridgehead atoms. The summed E-state index contributed by atoms with van der Waals surface area (Å²) in [5, 5.41) is 0. The fourth-order valence-electron chi connectivity index (χ4n) is 1.11. The summed E-state index contributed by atoms with van der Waals surface area (Å²) in [6.07, 6.45) is 3.93. The van der Waals surface area contributed by atoms with Crippen LogP contribution in [-0.2, 0) is 13.7 Å². The molecule has 4 heteroatoms. The van der Waals surface area contributed by atoms with Crippen molar-refractivity contribution in [1.82, 2.24) is 0 Å². The Morgan fingerprint density at radius 3 is 2.24 bits per heavy atom. The van der Waals surface area contributed by atoms with E-state index >= 15 is 0 Å². The van der Waals surface area contributed by atoms with Crippen LogP contribution < -0.4 is 0 Å². The molecular formula is C13H26O3S. The fourth-order valence-corrected chi connectivity index (χ4v) is 2.53. The van der Waals surface area contributed by atoms with Gasteiger partial charge in [-0.3, -0.25) is 0 Å². The highest BCUT2D eigenvalue weighted by Gasteiger charge is 2.34. The minimum atomic E-state index is -1.09. The Kier molecular flexibility index (Phi) is 5.75. The van der Waals surface area contributed by atoms with Crippen LogP contribution in [0.5, 0.6) is 0 Å². The van der Waals surface area contributed by atoms with E-state index in [0.717, 1.165) is 5.75 Å². The summed E-state index contributed by atoms with van der Waals surface area (Å²) >= 11 is 0. The van der Waals surface area contributed by atoms with Gasteiger partial charge in [-0.2, -0.15) is 0 Å². The van der Waals surface area contributed by atoms with E-state index in [9.17, 15) is 4.79 Å². The molecule has 0 spiro atoms. The summed E-state index contributed by atoms with van der Waals surface area (Å²) < 4.78 is 11.4. The maximum Gasteiger partial charge on any atom is 0.333 e. The van der Waals surface area contributed by atoms with Gasteiger partial charge in [0.2, 0.25) is 0 Å². The summed E-state index contributed by atoms with van der Waals surface area (Å²) in [6, 6.07) is 0. The molecule has 0 radical (unpaired) electrons. The van der Waals surface area contributed by atoms with E-state index in [0.29, 0.717) is 5.57 Å². The lowest BCUT2D eigenvalue weighted by Crippen LogP contribution is -2.41. The van der Waals surface area contributed by atoms with Crippen molar-refractivity contribution < 1.29 is 13.7 Å². The first-order valence-electron chi connectivity index (χ1n) is 5.80. The monoisotopic (exact) mass is 262 g/mol. The van der Waals surface area contributed by atoms with Crippen molar-refractivity contribution >= 4 is 16.3 Å². The van der Waals surface area contributed by atoms with Gasteiger partial charge in [0.05, 0.1) is 0 Å². The van der Waals surface area contributed by atoms with Crippen molar-refractivity contribution in [3.8, 4) is 0 Å². The summed E-state index contributed by atoms with van der Waals surface area (Å²) in [5.41, 5.74) is -0.0744. The third-order valence-electron chi connectivity index (χ3n) is 2.75. The molecule has 0 amide bonds. The van der Waals surface area contributed by atoms with Gasteiger partial charge in [0.15, 0.2) is 0 Å². The van der Waals surface area contributed by atoms with E-state index in [4.69, 9.17) is 8.92 Å². The first-order valence-corrected chi connectivity index (χ1v) is 8.34. The van der Waals surface area contributed by atoms with E-state index < -0.39 is 15.9 Å². The van der Waals surface area contributed by atoms with E-state index in [-0.39, 0.29) is 12.1 Å². The van der Waals surface area contributed by atoms with Crippen molar-refractivity contribution in [2.45, 2.75) is 46.3 Å². The second-order valence-corrected chi connectivity index (χ2v) is 8.86. The molecule has 0 aromatic heterocycles. The number of esters is 1. The van der Waals surface area contributed by atoms with E-state index in [2.05, 4.69) is 26.0 Å². The molecule has 1 atom stereocenters. The Morgan fingerprint density at radius 2 is 1.88 bits per heavy atom. The van der Waals surface area contributed by atoms with Gasteiger partial charge in [0.25, 0.3) is 0 Å². The Labute approximate surface area is 107 Å². The summed E-state index contributed by atoms with van der Waals surface area (Å²) in [4.78, 5) is 11.5. The SMILES string of the molecule is C=C(C)C(=O)OC(C)C(C)(C)OS(C)(C)CC. The van der Waals surface area contributed by atoms with Crippen LogP contribution in [0.3, 0.4) is 0 Å². The standard InChI is InChI=1S/C13H26O3S/c1-9-17(7,8)16-13(5,6)11(4)15-12(14)10(2)3/h11H,2,9H2,1,3-8H3. The van der Waals surface area contributed by atoms with Crippen LogP contribution >= 0.6 is 10.3 Å². The Morgan fingerprint density at radius 1 is 1.41 bits per heavy atom. The predicted molar refractivity (Wildman–Crippen MR) is 75.5 cm³/mol. The van der Waals surface area contributed by atoms with Crippen molar-refractivity contribution in [2.75, 3.05) is 18.3 Å². The van der Waals surface area contributed by atoms with Crippen LogP contribution in [-0.4, -0.2) is 35.9 Å². The van der Waals surface area contributed by atoms with Gasteiger partial charge in [-0.1, -0.05) is 13.5 Å². The molecule has 0 aromatic rings. The van der Waals surface area contributed by atoms with Gasteiger partial charge >= 0.3 is 5.97 Å².